The van der Waals surface area contributed by atoms with Gasteiger partial charge in [0.2, 0.25) is 0 Å². The molecule has 0 saturated carbocycles. The van der Waals surface area contributed by atoms with Crippen LogP contribution in [0, 0.1) is 38.5 Å². The van der Waals surface area contributed by atoms with E-state index in [1.807, 2.05) is 13.8 Å². The van der Waals surface area contributed by atoms with Crippen LogP contribution in [0.3, 0.4) is 0 Å². The largest absolute Gasteiger partial charge is 0.507 e. The number of aliphatic carboxylic acids is 1. The van der Waals surface area contributed by atoms with Crippen molar-refractivity contribution in [2.45, 2.75) is 139 Å². The fourth-order valence-corrected chi connectivity index (χ4v) is 5.44. The standard InChI is InChI=1S/C29H50O2.C4H6O4/c1-20(2)12-9-13-21(3)14-10-15-22(4)16-11-18-29(8)19-17-26-25(7)27(30)23(5)24(6)28(26)31-29;1-3(5)8-2-4(6)7/h20-22,30H,9-19H2,1-8H3;2H2,1H3,(H,6,7)/t21?,22?,29-;/m1./s1. The van der Waals surface area contributed by atoms with Crippen molar-refractivity contribution >= 4 is 11.9 Å². The Kier molecular flexibility index (Phi) is 15.0. The summed E-state index contributed by atoms with van der Waals surface area (Å²) >= 11 is 0. The fraction of sp³-hybridized carbons (Fsp3) is 0.758. The van der Waals surface area contributed by atoms with E-state index < -0.39 is 18.5 Å². The van der Waals surface area contributed by atoms with Crippen molar-refractivity contribution in [1.29, 1.82) is 0 Å². The number of phenols is 1. The molecule has 0 aromatic heterocycles. The maximum absolute atomic E-state index is 10.4. The van der Waals surface area contributed by atoms with Gasteiger partial charge in [0.15, 0.2) is 6.61 Å². The van der Waals surface area contributed by atoms with Crippen LogP contribution in [0.5, 0.6) is 11.5 Å². The molecule has 1 aliphatic heterocycles. The minimum Gasteiger partial charge on any atom is -0.507 e. The molecule has 0 fully saturated rings. The summed E-state index contributed by atoms with van der Waals surface area (Å²) in [6.45, 7) is 18.5. The van der Waals surface area contributed by atoms with Gasteiger partial charge in [-0.15, -0.1) is 0 Å². The van der Waals surface area contributed by atoms with E-state index in [0.717, 1.165) is 66.4 Å². The Morgan fingerprint density at radius 3 is 1.92 bits per heavy atom. The highest BCUT2D eigenvalue weighted by Crippen LogP contribution is 2.44. The number of carbonyl (C=O) groups is 2. The van der Waals surface area contributed by atoms with E-state index in [4.69, 9.17) is 9.84 Å². The molecule has 39 heavy (non-hydrogen) atoms. The van der Waals surface area contributed by atoms with Crippen LogP contribution in [0.4, 0.5) is 0 Å². The maximum Gasteiger partial charge on any atom is 0.341 e. The Hall–Kier alpha value is -2.24. The first kappa shape index (κ1) is 34.8. The van der Waals surface area contributed by atoms with E-state index in [9.17, 15) is 14.7 Å². The summed E-state index contributed by atoms with van der Waals surface area (Å²) in [5.41, 5.74) is 4.23. The van der Waals surface area contributed by atoms with Gasteiger partial charge in [0, 0.05) is 12.5 Å². The molecule has 1 aliphatic rings. The van der Waals surface area contributed by atoms with Gasteiger partial charge in [-0.2, -0.15) is 0 Å². The predicted molar refractivity (Wildman–Crippen MR) is 159 cm³/mol. The van der Waals surface area contributed by atoms with Gasteiger partial charge in [-0.1, -0.05) is 72.6 Å². The Labute approximate surface area is 237 Å². The minimum absolute atomic E-state index is 0.0712. The molecular formula is C33H56O6. The molecule has 0 amide bonds. The molecule has 1 aromatic rings. The number of benzene rings is 1. The second kappa shape index (κ2) is 16.8. The van der Waals surface area contributed by atoms with Crippen molar-refractivity contribution in [1.82, 2.24) is 0 Å². The smallest absolute Gasteiger partial charge is 0.341 e. The van der Waals surface area contributed by atoms with Crippen molar-refractivity contribution < 1.29 is 29.3 Å². The third-order valence-electron chi connectivity index (χ3n) is 8.27. The molecule has 0 radical (unpaired) electrons. The maximum atomic E-state index is 10.4. The van der Waals surface area contributed by atoms with Crippen molar-refractivity contribution in [3.63, 3.8) is 0 Å². The molecule has 0 spiro atoms. The van der Waals surface area contributed by atoms with Crippen LogP contribution in [-0.4, -0.2) is 34.4 Å². The van der Waals surface area contributed by atoms with E-state index in [1.165, 1.54) is 56.9 Å². The van der Waals surface area contributed by atoms with Crippen LogP contribution >= 0.6 is 0 Å². The molecule has 2 unspecified atom stereocenters. The highest BCUT2D eigenvalue weighted by molar-refractivity contribution is 5.73. The van der Waals surface area contributed by atoms with Gasteiger partial charge in [-0.3, -0.25) is 4.79 Å². The number of rotatable bonds is 14. The Morgan fingerprint density at radius 1 is 0.897 bits per heavy atom. The quantitative estimate of drug-likeness (QED) is 0.226. The van der Waals surface area contributed by atoms with Crippen LogP contribution in [0.15, 0.2) is 0 Å². The van der Waals surface area contributed by atoms with E-state index in [1.54, 1.807) is 0 Å². The van der Waals surface area contributed by atoms with E-state index in [0.29, 0.717) is 5.75 Å². The molecule has 0 saturated heterocycles. The number of carboxylic acids is 1. The Balaban J connectivity index is 0.000000824. The molecule has 2 rings (SSSR count). The zero-order valence-corrected chi connectivity index (χ0v) is 26.2. The van der Waals surface area contributed by atoms with Gasteiger partial charge >= 0.3 is 11.9 Å². The van der Waals surface area contributed by atoms with Crippen LogP contribution in [-0.2, 0) is 20.7 Å². The summed E-state index contributed by atoms with van der Waals surface area (Å²) in [6, 6.07) is 0. The number of esters is 1. The molecule has 6 nitrogen and oxygen atoms in total. The predicted octanol–water partition coefficient (Wildman–Crippen LogP) is 8.47. The molecule has 1 heterocycles. The number of hydrogen-bond acceptors (Lipinski definition) is 5. The van der Waals surface area contributed by atoms with Crippen molar-refractivity contribution in [3.05, 3.63) is 22.3 Å². The van der Waals surface area contributed by atoms with E-state index in [-0.39, 0.29) is 5.60 Å². The number of ether oxygens (including phenoxy) is 2. The fourth-order valence-electron chi connectivity index (χ4n) is 5.44. The summed E-state index contributed by atoms with van der Waals surface area (Å²) in [4.78, 5) is 19.5. The van der Waals surface area contributed by atoms with Gasteiger partial charge in [0.1, 0.15) is 17.1 Å². The van der Waals surface area contributed by atoms with Crippen molar-refractivity contribution in [3.8, 4) is 11.5 Å². The number of carbonyl (C=O) groups excluding carboxylic acids is 1. The normalized spacial score (nSPS) is 17.9. The highest BCUT2D eigenvalue weighted by atomic mass is 16.5. The number of fused-ring (bicyclic) bond motifs is 1. The molecular weight excluding hydrogens is 492 g/mol. The van der Waals surface area contributed by atoms with Gasteiger partial charge in [0.25, 0.3) is 0 Å². The lowest BCUT2D eigenvalue weighted by molar-refractivity contribution is -0.153. The lowest BCUT2D eigenvalue weighted by Crippen LogP contribution is -2.37. The first-order valence-corrected chi connectivity index (χ1v) is 15.0. The first-order valence-electron chi connectivity index (χ1n) is 15.0. The van der Waals surface area contributed by atoms with Gasteiger partial charge in [-0.25, -0.2) is 4.79 Å². The molecule has 3 atom stereocenters. The first-order chi connectivity index (χ1) is 18.2. The lowest BCUT2D eigenvalue weighted by Gasteiger charge is -2.38. The van der Waals surface area contributed by atoms with Crippen molar-refractivity contribution in [2.24, 2.45) is 17.8 Å². The molecule has 2 N–H and O–H groups in total. The molecule has 0 aliphatic carbocycles. The lowest BCUT2D eigenvalue weighted by atomic mass is 9.84. The molecule has 1 aromatic carbocycles. The molecule has 0 bridgehead atoms. The van der Waals surface area contributed by atoms with Gasteiger partial charge < -0.3 is 19.7 Å². The summed E-state index contributed by atoms with van der Waals surface area (Å²) in [7, 11) is 0. The number of carboxylic acid groups (broad SMARTS) is 1. The van der Waals surface area contributed by atoms with Crippen LogP contribution in [0.25, 0.3) is 0 Å². The number of hydrogen-bond donors (Lipinski definition) is 2. The molecule has 6 heteroatoms. The monoisotopic (exact) mass is 548 g/mol. The van der Waals surface area contributed by atoms with E-state index in [2.05, 4.69) is 46.3 Å². The average molecular weight is 549 g/mol. The van der Waals surface area contributed by atoms with E-state index >= 15 is 0 Å². The Morgan fingerprint density at radius 2 is 1.44 bits per heavy atom. The Bertz CT molecular complexity index is 908. The van der Waals surface area contributed by atoms with Gasteiger partial charge in [-0.05, 0) is 87.8 Å². The van der Waals surface area contributed by atoms with Crippen LogP contribution in [0.1, 0.15) is 128 Å². The summed E-state index contributed by atoms with van der Waals surface area (Å²) in [6.07, 6.45) is 14.1. The van der Waals surface area contributed by atoms with Crippen molar-refractivity contribution in [2.75, 3.05) is 6.61 Å². The topological polar surface area (TPSA) is 93.1 Å². The minimum atomic E-state index is -1.14. The molecule has 224 valence electrons. The van der Waals surface area contributed by atoms with Gasteiger partial charge in [0.05, 0.1) is 0 Å². The average Bonchev–Trinajstić information content (AvgIpc) is 2.85. The number of phenolic OH excluding ortho intramolecular Hbond substituents is 1. The summed E-state index contributed by atoms with van der Waals surface area (Å²) < 4.78 is 10.7. The summed E-state index contributed by atoms with van der Waals surface area (Å²) in [5, 5.41) is 18.3. The third kappa shape index (κ3) is 12.7. The van der Waals surface area contributed by atoms with Crippen LogP contribution in [0.2, 0.25) is 0 Å². The zero-order valence-electron chi connectivity index (χ0n) is 26.2. The second-order valence-electron chi connectivity index (χ2n) is 12.6. The number of aromatic hydroxyl groups is 1. The summed E-state index contributed by atoms with van der Waals surface area (Å²) in [5.74, 6) is 2.32. The third-order valence-corrected chi connectivity index (χ3v) is 8.27. The second-order valence-corrected chi connectivity index (χ2v) is 12.6. The SMILES string of the molecule is CC(=O)OCC(=O)O.Cc1c(C)c2c(c(C)c1O)CC[C@@](C)(CCCC(C)CCCC(C)CCCC(C)C)O2. The zero-order chi connectivity index (χ0) is 29.8. The highest BCUT2D eigenvalue weighted by Gasteiger charge is 2.34. The van der Waals surface area contributed by atoms with Crippen LogP contribution < -0.4 is 4.74 Å².